The number of ether oxygens (including phenoxy) is 3. The third-order valence-corrected chi connectivity index (χ3v) is 8.00. The van der Waals surface area contributed by atoms with Gasteiger partial charge in [0.05, 0.1) is 30.8 Å². The van der Waals surface area contributed by atoms with E-state index in [1.165, 1.54) is 57.8 Å². The molecule has 0 aliphatic heterocycles. The zero-order valence-corrected chi connectivity index (χ0v) is 25.7. The van der Waals surface area contributed by atoms with Crippen LogP contribution in [-0.4, -0.2) is 60.3 Å². The molecule has 8 nitrogen and oxygen atoms in total. The van der Waals surface area contributed by atoms with Crippen molar-refractivity contribution in [1.82, 2.24) is 0 Å². The Balaban J connectivity index is 4.48. The van der Waals surface area contributed by atoms with Crippen molar-refractivity contribution in [2.24, 2.45) is 11.3 Å². The number of carboxylic acids is 1. The number of hydrogen-bond donors (Lipinski definition) is 1. The maximum absolute atomic E-state index is 13.0. The lowest BCUT2D eigenvalue weighted by Crippen LogP contribution is -2.36. The molecule has 0 bridgehead atoms. The second-order valence-corrected chi connectivity index (χ2v) is 11.8. The van der Waals surface area contributed by atoms with Crippen molar-refractivity contribution in [3.8, 4) is 0 Å². The van der Waals surface area contributed by atoms with Gasteiger partial charge in [-0.1, -0.05) is 85.0 Å². The number of carboxylic acid groups (broad SMARTS) is 1. The van der Waals surface area contributed by atoms with Crippen LogP contribution < -0.4 is 0 Å². The van der Waals surface area contributed by atoms with E-state index in [-0.39, 0.29) is 32.0 Å². The van der Waals surface area contributed by atoms with Crippen LogP contribution >= 0.6 is 11.8 Å². The molecule has 39 heavy (non-hydrogen) atoms. The second-order valence-electron chi connectivity index (χ2n) is 10.7. The summed E-state index contributed by atoms with van der Waals surface area (Å²) >= 11 is 1.74. The predicted molar refractivity (Wildman–Crippen MR) is 156 cm³/mol. The summed E-state index contributed by atoms with van der Waals surface area (Å²) in [6, 6.07) is 0. The van der Waals surface area contributed by atoms with E-state index in [0.29, 0.717) is 18.8 Å². The first-order valence-corrected chi connectivity index (χ1v) is 16.1. The highest BCUT2D eigenvalue weighted by Crippen LogP contribution is 2.33. The lowest BCUT2D eigenvalue weighted by molar-refractivity contribution is -0.159. The summed E-state index contributed by atoms with van der Waals surface area (Å²) in [5.74, 6) is -1.46. The van der Waals surface area contributed by atoms with Gasteiger partial charge in [0.15, 0.2) is 0 Å². The minimum Gasteiger partial charge on any atom is -0.481 e. The van der Waals surface area contributed by atoms with Crippen molar-refractivity contribution >= 4 is 35.6 Å². The third kappa shape index (κ3) is 20.8. The molecule has 2 unspecified atom stereocenters. The summed E-state index contributed by atoms with van der Waals surface area (Å²) < 4.78 is 15.7. The molecule has 1 N–H and O–H groups in total. The van der Waals surface area contributed by atoms with E-state index in [4.69, 9.17) is 19.3 Å². The van der Waals surface area contributed by atoms with Gasteiger partial charge in [-0.2, -0.15) is 11.8 Å². The van der Waals surface area contributed by atoms with Crippen molar-refractivity contribution in [3.63, 3.8) is 0 Å². The van der Waals surface area contributed by atoms with Gasteiger partial charge in [0, 0.05) is 5.75 Å². The lowest BCUT2D eigenvalue weighted by Gasteiger charge is -2.29. The molecule has 2 atom stereocenters. The molecular weight excluding hydrogens is 520 g/mol. The van der Waals surface area contributed by atoms with E-state index in [1.54, 1.807) is 18.7 Å². The quantitative estimate of drug-likeness (QED) is 0.0664. The molecule has 0 amide bonds. The Hall–Kier alpha value is -1.77. The van der Waals surface area contributed by atoms with Crippen LogP contribution in [0.5, 0.6) is 0 Å². The van der Waals surface area contributed by atoms with Gasteiger partial charge >= 0.3 is 23.9 Å². The molecule has 0 radical (unpaired) electrons. The van der Waals surface area contributed by atoms with E-state index in [2.05, 4.69) is 6.92 Å². The number of thioether (sulfide) groups is 1. The summed E-state index contributed by atoms with van der Waals surface area (Å²) in [5, 5.41) is 8.60. The van der Waals surface area contributed by atoms with Crippen molar-refractivity contribution in [1.29, 1.82) is 0 Å². The second kappa shape index (κ2) is 24.1. The molecule has 0 aliphatic rings. The maximum atomic E-state index is 13.0. The van der Waals surface area contributed by atoms with Gasteiger partial charge in [0.2, 0.25) is 0 Å². The van der Waals surface area contributed by atoms with Crippen molar-refractivity contribution in [2.75, 3.05) is 31.3 Å². The van der Waals surface area contributed by atoms with Crippen LogP contribution in [0, 0.1) is 11.3 Å². The number of aliphatic carboxylic acids is 1. The minimum absolute atomic E-state index is 0.118. The molecule has 0 aromatic carbocycles. The molecule has 0 rings (SSSR count). The zero-order valence-electron chi connectivity index (χ0n) is 24.9. The van der Waals surface area contributed by atoms with Crippen molar-refractivity contribution < 1.29 is 38.5 Å². The summed E-state index contributed by atoms with van der Waals surface area (Å²) in [6.45, 7) is 7.99. The molecule has 0 aromatic rings. The van der Waals surface area contributed by atoms with Gasteiger partial charge < -0.3 is 19.3 Å². The van der Waals surface area contributed by atoms with Gasteiger partial charge in [-0.25, -0.2) is 0 Å². The van der Waals surface area contributed by atoms with E-state index >= 15 is 0 Å². The number of carbonyl (C=O) groups excluding carboxylic acids is 3. The smallest absolute Gasteiger partial charge is 0.312 e. The van der Waals surface area contributed by atoms with Gasteiger partial charge in [0.1, 0.15) is 13.2 Å². The highest BCUT2D eigenvalue weighted by molar-refractivity contribution is 7.99. The summed E-state index contributed by atoms with van der Waals surface area (Å²) in [6.07, 6.45) is 14.4. The Morgan fingerprint density at radius 1 is 0.744 bits per heavy atom. The number of carbonyl (C=O) groups is 4. The van der Waals surface area contributed by atoms with Gasteiger partial charge in [-0.05, 0) is 31.9 Å². The topological polar surface area (TPSA) is 116 Å². The molecule has 0 aliphatic carbocycles. The Labute approximate surface area is 240 Å². The molecular formula is C30H54O8S. The Bertz CT molecular complexity index is 684. The minimum atomic E-state index is -1.08. The van der Waals surface area contributed by atoms with Gasteiger partial charge in [-0.15, -0.1) is 0 Å². The van der Waals surface area contributed by atoms with E-state index < -0.39 is 29.2 Å². The molecule has 0 fully saturated rings. The normalized spacial score (nSPS) is 13.3. The number of esters is 3. The predicted octanol–water partition coefficient (Wildman–Crippen LogP) is 6.97. The molecule has 0 saturated carbocycles. The number of hydrogen-bond acceptors (Lipinski definition) is 8. The fourth-order valence-electron chi connectivity index (χ4n) is 4.15. The zero-order chi connectivity index (χ0) is 29.4. The molecule has 0 spiro atoms. The fraction of sp³-hybridized carbons (Fsp3) is 0.867. The third-order valence-electron chi connectivity index (χ3n) is 6.58. The lowest BCUT2D eigenvalue weighted by atomic mass is 9.83. The van der Waals surface area contributed by atoms with Crippen LogP contribution in [0.25, 0.3) is 0 Å². The van der Waals surface area contributed by atoms with Crippen LogP contribution in [0.3, 0.4) is 0 Å². The first-order valence-electron chi connectivity index (χ1n) is 14.9. The van der Waals surface area contributed by atoms with E-state index in [9.17, 15) is 19.2 Å². The van der Waals surface area contributed by atoms with Crippen LogP contribution in [-0.2, 0) is 33.4 Å². The standard InChI is InChI=1S/C30H54O8S/c1-5-7-9-10-11-12-13-14-15-16-22-39-24-30(4,29(35)38-19-8-6-2)23-25(3)28(34)37-21-20-36-27(33)18-17-26(31)32/h25H,5-24H2,1-4H3,(H,31,32). The van der Waals surface area contributed by atoms with Crippen LogP contribution in [0.4, 0.5) is 0 Å². The average molecular weight is 575 g/mol. The Morgan fingerprint density at radius 3 is 1.90 bits per heavy atom. The molecule has 9 heteroatoms. The van der Waals surface area contributed by atoms with E-state index in [0.717, 1.165) is 25.0 Å². The molecule has 0 heterocycles. The number of rotatable bonds is 26. The average Bonchev–Trinajstić information content (AvgIpc) is 2.90. The largest absolute Gasteiger partial charge is 0.481 e. The van der Waals surface area contributed by atoms with Crippen LogP contribution in [0.2, 0.25) is 0 Å². The van der Waals surface area contributed by atoms with Crippen LogP contribution in [0.15, 0.2) is 0 Å². The van der Waals surface area contributed by atoms with Crippen LogP contribution in [0.1, 0.15) is 124 Å². The summed E-state index contributed by atoms with van der Waals surface area (Å²) in [7, 11) is 0. The Morgan fingerprint density at radius 2 is 1.31 bits per heavy atom. The van der Waals surface area contributed by atoms with Gasteiger partial charge in [0.25, 0.3) is 0 Å². The monoisotopic (exact) mass is 574 g/mol. The highest BCUT2D eigenvalue weighted by atomic mass is 32.2. The molecule has 0 aromatic heterocycles. The van der Waals surface area contributed by atoms with Crippen molar-refractivity contribution in [3.05, 3.63) is 0 Å². The van der Waals surface area contributed by atoms with Crippen molar-refractivity contribution in [2.45, 2.75) is 124 Å². The fourth-order valence-corrected chi connectivity index (χ4v) is 5.39. The summed E-state index contributed by atoms with van der Waals surface area (Å²) in [5.41, 5.74) is -0.807. The SMILES string of the molecule is CCCCCCCCCCCCSCC(C)(CC(C)C(=O)OCCOC(=O)CCC(=O)O)C(=O)OCCCC. The molecule has 0 saturated heterocycles. The van der Waals surface area contributed by atoms with Gasteiger partial charge in [-0.3, -0.25) is 19.2 Å². The summed E-state index contributed by atoms with van der Waals surface area (Å²) in [4.78, 5) is 47.5. The first kappa shape index (κ1) is 37.2. The highest BCUT2D eigenvalue weighted by Gasteiger charge is 2.38. The molecule has 228 valence electrons. The maximum Gasteiger partial charge on any atom is 0.312 e. The first-order chi connectivity index (χ1) is 18.7. The van der Waals surface area contributed by atoms with E-state index in [1.807, 2.05) is 13.8 Å². The Kier molecular flexibility index (Phi) is 23.0. The number of unbranched alkanes of at least 4 members (excludes halogenated alkanes) is 10.